The van der Waals surface area contributed by atoms with Crippen molar-refractivity contribution >= 4 is 11.6 Å². The van der Waals surface area contributed by atoms with Gasteiger partial charge in [0, 0.05) is 18.2 Å². The summed E-state index contributed by atoms with van der Waals surface area (Å²) >= 11 is 0. The maximum atomic E-state index is 4.36. The lowest BCUT2D eigenvalue weighted by atomic mass is 10.1. The SMILES string of the molecule is CCNc1ncnc(NC2CCCC2C)c1C. The van der Waals surface area contributed by atoms with E-state index in [1.807, 2.05) is 0 Å². The highest BCUT2D eigenvalue weighted by atomic mass is 15.1. The van der Waals surface area contributed by atoms with Gasteiger partial charge in [0.1, 0.15) is 18.0 Å². The molecule has 1 fully saturated rings. The molecule has 17 heavy (non-hydrogen) atoms. The van der Waals surface area contributed by atoms with Gasteiger partial charge < -0.3 is 10.6 Å². The Morgan fingerprint density at radius 2 is 2.06 bits per heavy atom. The number of nitrogens with zero attached hydrogens (tertiary/aromatic N) is 2. The highest BCUT2D eigenvalue weighted by molar-refractivity contribution is 5.56. The van der Waals surface area contributed by atoms with Gasteiger partial charge >= 0.3 is 0 Å². The first-order chi connectivity index (χ1) is 8.22. The molecule has 0 aromatic carbocycles. The minimum Gasteiger partial charge on any atom is -0.370 e. The Hall–Kier alpha value is -1.32. The van der Waals surface area contributed by atoms with Crippen LogP contribution in [0.4, 0.5) is 11.6 Å². The molecule has 2 N–H and O–H groups in total. The second-order valence-corrected chi connectivity index (χ2v) is 4.89. The summed E-state index contributed by atoms with van der Waals surface area (Å²) in [6.07, 6.45) is 5.53. The zero-order valence-corrected chi connectivity index (χ0v) is 11.0. The van der Waals surface area contributed by atoms with Gasteiger partial charge in [-0.25, -0.2) is 9.97 Å². The number of rotatable bonds is 4. The molecule has 2 rings (SSSR count). The summed E-state index contributed by atoms with van der Waals surface area (Å²) in [5, 5.41) is 6.83. The van der Waals surface area contributed by atoms with Crippen molar-refractivity contribution < 1.29 is 0 Å². The molecule has 1 aliphatic rings. The Morgan fingerprint density at radius 1 is 1.29 bits per heavy atom. The molecule has 4 nitrogen and oxygen atoms in total. The fraction of sp³-hybridized carbons (Fsp3) is 0.692. The third-order valence-corrected chi connectivity index (χ3v) is 3.61. The average molecular weight is 234 g/mol. The first-order valence-corrected chi connectivity index (χ1v) is 6.54. The van der Waals surface area contributed by atoms with Gasteiger partial charge in [0.2, 0.25) is 0 Å². The fourth-order valence-electron chi connectivity index (χ4n) is 2.48. The van der Waals surface area contributed by atoms with E-state index in [0.717, 1.165) is 29.7 Å². The molecule has 0 spiro atoms. The molecule has 1 aromatic heterocycles. The van der Waals surface area contributed by atoms with Crippen molar-refractivity contribution in [2.24, 2.45) is 5.92 Å². The molecule has 4 heteroatoms. The lowest BCUT2D eigenvalue weighted by Gasteiger charge is -2.20. The number of anilines is 2. The normalized spacial score (nSPS) is 23.7. The highest BCUT2D eigenvalue weighted by Gasteiger charge is 2.24. The first kappa shape index (κ1) is 12.1. The van der Waals surface area contributed by atoms with Crippen LogP contribution in [0.3, 0.4) is 0 Å². The lowest BCUT2D eigenvalue weighted by Crippen LogP contribution is -2.23. The maximum absolute atomic E-state index is 4.36. The van der Waals surface area contributed by atoms with E-state index in [1.165, 1.54) is 19.3 Å². The molecular formula is C13H22N4. The quantitative estimate of drug-likeness (QED) is 0.841. The van der Waals surface area contributed by atoms with Gasteiger partial charge in [0.05, 0.1) is 0 Å². The third kappa shape index (κ3) is 2.68. The van der Waals surface area contributed by atoms with Crippen LogP contribution in [0.5, 0.6) is 0 Å². The van der Waals surface area contributed by atoms with Crippen LogP contribution in [-0.4, -0.2) is 22.6 Å². The molecule has 0 radical (unpaired) electrons. The zero-order chi connectivity index (χ0) is 12.3. The molecule has 1 aliphatic carbocycles. The molecule has 1 heterocycles. The number of nitrogens with one attached hydrogen (secondary N) is 2. The predicted octanol–water partition coefficient (Wildman–Crippen LogP) is 2.82. The van der Waals surface area contributed by atoms with Crippen molar-refractivity contribution in [3.05, 3.63) is 11.9 Å². The van der Waals surface area contributed by atoms with E-state index in [9.17, 15) is 0 Å². The van der Waals surface area contributed by atoms with Crippen LogP contribution in [0, 0.1) is 12.8 Å². The summed E-state index contributed by atoms with van der Waals surface area (Å²) in [7, 11) is 0. The molecule has 1 aromatic rings. The average Bonchev–Trinajstić information content (AvgIpc) is 2.70. The van der Waals surface area contributed by atoms with Gasteiger partial charge in [0.25, 0.3) is 0 Å². The topological polar surface area (TPSA) is 49.8 Å². The van der Waals surface area contributed by atoms with Crippen molar-refractivity contribution in [3.8, 4) is 0 Å². The van der Waals surface area contributed by atoms with Crippen molar-refractivity contribution in [2.45, 2.75) is 46.1 Å². The van der Waals surface area contributed by atoms with Crippen molar-refractivity contribution in [2.75, 3.05) is 17.2 Å². The van der Waals surface area contributed by atoms with Crippen LogP contribution >= 0.6 is 0 Å². The van der Waals surface area contributed by atoms with E-state index in [2.05, 4.69) is 41.4 Å². The largest absolute Gasteiger partial charge is 0.370 e. The van der Waals surface area contributed by atoms with Gasteiger partial charge in [-0.15, -0.1) is 0 Å². The minimum absolute atomic E-state index is 0.568. The summed E-state index contributed by atoms with van der Waals surface area (Å²) in [4.78, 5) is 8.62. The highest BCUT2D eigenvalue weighted by Crippen LogP contribution is 2.29. The van der Waals surface area contributed by atoms with Crippen LogP contribution < -0.4 is 10.6 Å². The summed E-state index contributed by atoms with van der Waals surface area (Å²) < 4.78 is 0. The van der Waals surface area contributed by atoms with Crippen LogP contribution in [0.25, 0.3) is 0 Å². The number of hydrogen-bond acceptors (Lipinski definition) is 4. The van der Waals surface area contributed by atoms with E-state index in [-0.39, 0.29) is 0 Å². The summed E-state index contributed by atoms with van der Waals surface area (Å²) in [5.74, 6) is 2.66. The number of hydrogen-bond donors (Lipinski definition) is 2. The molecule has 2 unspecified atom stereocenters. The van der Waals surface area contributed by atoms with Gasteiger partial charge in [-0.1, -0.05) is 13.3 Å². The predicted molar refractivity (Wildman–Crippen MR) is 71.4 cm³/mol. The molecule has 0 aliphatic heterocycles. The van der Waals surface area contributed by atoms with Gasteiger partial charge in [-0.05, 0) is 32.6 Å². The Balaban J connectivity index is 2.12. The van der Waals surface area contributed by atoms with Crippen molar-refractivity contribution in [1.82, 2.24) is 9.97 Å². The molecular weight excluding hydrogens is 212 g/mol. The molecule has 0 bridgehead atoms. The van der Waals surface area contributed by atoms with E-state index < -0.39 is 0 Å². The molecule has 0 amide bonds. The van der Waals surface area contributed by atoms with E-state index in [0.29, 0.717) is 6.04 Å². The molecule has 94 valence electrons. The van der Waals surface area contributed by atoms with E-state index in [1.54, 1.807) is 6.33 Å². The van der Waals surface area contributed by atoms with Crippen LogP contribution in [-0.2, 0) is 0 Å². The summed E-state index contributed by atoms with van der Waals surface area (Å²) in [5.41, 5.74) is 1.12. The monoisotopic (exact) mass is 234 g/mol. The van der Waals surface area contributed by atoms with Crippen molar-refractivity contribution in [3.63, 3.8) is 0 Å². The van der Waals surface area contributed by atoms with Crippen LogP contribution in [0.2, 0.25) is 0 Å². The Morgan fingerprint density at radius 3 is 2.71 bits per heavy atom. The number of aromatic nitrogens is 2. The maximum Gasteiger partial charge on any atom is 0.134 e. The molecule has 2 atom stereocenters. The van der Waals surface area contributed by atoms with Crippen LogP contribution in [0.15, 0.2) is 6.33 Å². The van der Waals surface area contributed by atoms with Gasteiger partial charge in [0.15, 0.2) is 0 Å². The second-order valence-electron chi connectivity index (χ2n) is 4.89. The summed E-state index contributed by atoms with van der Waals surface area (Å²) in [6, 6.07) is 0.568. The van der Waals surface area contributed by atoms with E-state index in [4.69, 9.17) is 0 Å². The lowest BCUT2D eigenvalue weighted by molar-refractivity contribution is 0.554. The molecule has 1 saturated carbocycles. The Kier molecular flexibility index (Phi) is 3.82. The van der Waals surface area contributed by atoms with Gasteiger partial charge in [-0.3, -0.25) is 0 Å². The Bertz CT molecular complexity index is 378. The van der Waals surface area contributed by atoms with Crippen LogP contribution in [0.1, 0.15) is 38.7 Å². The third-order valence-electron chi connectivity index (χ3n) is 3.61. The van der Waals surface area contributed by atoms with Gasteiger partial charge in [-0.2, -0.15) is 0 Å². The fourth-order valence-corrected chi connectivity index (χ4v) is 2.48. The van der Waals surface area contributed by atoms with Crippen molar-refractivity contribution in [1.29, 1.82) is 0 Å². The van der Waals surface area contributed by atoms with E-state index >= 15 is 0 Å². The zero-order valence-electron chi connectivity index (χ0n) is 11.0. The Labute approximate surface area is 103 Å². The standard InChI is InChI=1S/C13H22N4/c1-4-14-12-10(3)13(16-8-15-12)17-11-7-5-6-9(11)2/h8-9,11H,4-7H2,1-3H3,(H2,14,15,16,17). The first-order valence-electron chi connectivity index (χ1n) is 6.54. The minimum atomic E-state index is 0.568. The molecule has 0 saturated heterocycles. The second kappa shape index (κ2) is 5.34. The summed E-state index contributed by atoms with van der Waals surface area (Å²) in [6.45, 7) is 7.34. The smallest absolute Gasteiger partial charge is 0.134 e.